The summed E-state index contributed by atoms with van der Waals surface area (Å²) in [7, 11) is 0. The van der Waals surface area contributed by atoms with Gasteiger partial charge < -0.3 is 5.32 Å². The normalized spacial score (nSPS) is 20.6. The van der Waals surface area contributed by atoms with E-state index in [0.717, 1.165) is 18.5 Å². The van der Waals surface area contributed by atoms with E-state index in [1.807, 2.05) is 29.1 Å². The van der Waals surface area contributed by atoms with E-state index in [4.69, 9.17) is 0 Å². The Bertz CT molecular complexity index is 574. The minimum atomic E-state index is 0.214. The van der Waals surface area contributed by atoms with Crippen LogP contribution < -0.4 is 5.32 Å². The quantitative estimate of drug-likeness (QED) is 0.904. The number of carbonyl (C=O) groups excluding carboxylic acids is 1. The molecule has 1 N–H and O–H groups in total. The number of rotatable bonds is 5. The first-order valence-corrected chi connectivity index (χ1v) is 7.11. The lowest BCUT2D eigenvalue weighted by atomic mass is 10.1. The van der Waals surface area contributed by atoms with Gasteiger partial charge in [0.25, 0.3) is 0 Å². The Labute approximate surface area is 118 Å². The molecular weight excluding hydrogens is 250 g/mol. The number of nitrogens with one attached hydrogen (secondary N) is 1. The van der Waals surface area contributed by atoms with Crippen LogP contribution in [0, 0.1) is 11.8 Å². The highest BCUT2D eigenvalue weighted by Crippen LogP contribution is 2.37. The topological polar surface area (TPSA) is 46.9 Å². The number of carbonyl (C=O) groups is 1. The van der Waals surface area contributed by atoms with Crippen LogP contribution in [0.1, 0.15) is 18.9 Å². The summed E-state index contributed by atoms with van der Waals surface area (Å²) >= 11 is 0. The first-order valence-electron chi connectivity index (χ1n) is 7.11. The molecule has 3 rings (SSSR count). The van der Waals surface area contributed by atoms with Crippen molar-refractivity contribution in [3.8, 4) is 5.69 Å². The molecule has 1 aromatic carbocycles. The smallest absolute Gasteiger partial charge is 0.223 e. The highest BCUT2D eigenvalue weighted by Gasteiger charge is 2.38. The van der Waals surface area contributed by atoms with Crippen LogP contribution in [-0.2, 0) is 11.2 Å². The van der Waals surface area contributed by atoms with Crippen LogP contribution >= 0.6 is 0 Å². The van der Waals surface area contributed by atoms with Crippen LogP contribution in [0.4, 0.5) is 0 Å². The summed E-state index contributed by atoms with van der Waals surface area (Å²) < 4.78 is 1.83. The van der Waals surface area contributed by atoms with Gasteiger partial charge in [0.1, 0.15) is 0 Å². The van der Waals surface area contributed by atoms with Crippen LogP contribution in [0.15, 0.2) is 42.7 Å². The number of aromatic nitrogens is 2. The van der Waals surface area contributed by atoms with Crippen LogP contribution in [-0.4, -0.2) is 22.2 Å². The van der Waals surface area contributed by atoms with E-state index in [1.54, 1.807) is 6.20 Å². The standard InChI is InChI=1S/C16H19N3O/c1-12-11-15(12)16(20)17-9-7-13-3-5-14(6-4-13)19-10-2-8-18-19/h2-6,8,10,12,15H,7,9,11H2,1H3,(H,17,20)/t12-,15-/m1/s1. The minimum Gasteiger partial charge on any atom is -0.356 e. The van der Waals surface area contributed by atoms with E-state index >= 15 is 0 Å². The molecule has 0 saturated heterocycles. The summed E-state index contributed by atoms with van der Waals surface area (Å²) in [5.74, 6) is 1.05. The third-order valence-electron chi connectivity index (χ3n) is 3.86. The van der Waals surface area contributed by atoms with Crippen LogP contribution in [0.5, 0.6) is 0 Å². The maximum absolute atomic E-state index is 11.7. The molecule has 2 atom stereocenters. The average Bonchev–Trinajstić information content (AvgIpc) is 2.97. The van der Waals surface area contributed by atoms with Gasteiger partial charge >= 0.3 is 0 Å². The van der Waals surface area contributed by atoms with Crippen molar-refractivity contribution in [3.05, 3.63) is 48.3 Å². The Balaban J connectivity index is 1.50. The van der Waals surface area contributed by atoms with E-state index in [-0.39, 0.29) is 11.8 Å². The summed E-state index contributed by atoms with van der Waals surface area (Å²) in [4.78, 5) is 11.7. The highest BCUT2D eigenvalue weighted by molar-refractivity contribution is 5.81. The predicted molar refractivity (Wildman–Crippen MR) is 77.5 cm³/mol. The molecule has 1 aliphatic carbocycles. The maximum atomic E-state index is 11.7. The molecule has 0 aliphatic heterocycles. The van der Waals surface area contributed by atoms with Gasteiger partial charge in [-0.15, -0.1) is 0 Å². The molecule has 1 fully saturated rings. The number of hydrogen-bond acceptors (Lipinski definition) is 2. The fourth-order valence-electron chi connectivity index (χ4n) is 2.39. The predicted octanol–water partition coefficient (Wildman–Crippen LogP) is 2.19. The number of nitrogens with zero attached hydrogens (tertiary/aromatic N) is 2. The molecule has 0 unspecified atom stereocenters. The Morgan fingerprint density at radius 1 is 1.40 bits per heavy atom. The van der Waals surface area contributed by atoms with Crippen LogP contribution in [0.25, 0.3) is 5.69 Å². The minimum absolute atomic E-state index is 0.214. The second-order valence-corrected chi connectivity index (χ2v) is 5.48. The first-order chi connectivity index (χ1) is 9.74. The van der Waals surface area contributed by atoms with Crippen LogP contribution in [0.2, 0.25) is 0 Å². The van der Waals surface area contributed by atoms with Gasteiger partial charge in [0.15, 0.2) is 0 Å². The zero-order valence-electron chi connectivity index (χ0n) is 11.6. The Hall–Kier alpha value is -2.10. The third kappa shape index (κ3) is 2.90. The molecule has 1 heterocycles. The molecule has 1 saturated carbocycles. The molecule has 2 aromatic rings. The maximum Gasteiger partial charge on any atom is 0.223 e. The van der Waals surface area contributed by atoms with Gasteiger partial charge in [-0.1, -0.05) is 19.1 Å². The monoisotopic (exact) mass is 269 g/mol. The second-order valence-electron chi connectivity index (χ2n) is 5.48. The summed E-state index contributed by atoms with van der Waals surface area (Å²) in [6.07, 6.45) is 5.60. The molecule has 1 aliphatic rings. The molecular formula is C16H19N3O. The molecule has 4 heteroatoms. The van der Waals surface area contributed by atoms with Gasteiger partial charge in [-0.05, 0) is 42.5 Å². The zero-order chi connectivity index (χ0) is 13.9. The van der Waals surface area contributed by atoms with Gasteiger partial charge in [-0.2, -0.15) is 5.10 Å². The lowest BCUT2D eigenvalue weighted by Crippen LogP contribution is -2.27. The van der Waals surface area contributed by atoms with Crippen molar-refractivity contribution < 1.29 is 4.79 Å². The third-order valence-corrected chi connectivity index (χ3v) is 3.86. The van der Waals surface area contributed by atoms with Gasteiger partial charge in [0, 0.05) is 24.9 Å². The van der Waals surface area contributed by atoms with Crippen molar-refractivity contribution in [2.24, 2.45) is 11.8 Å². The Kier molecular flexibility index (Phi) is 3.54. The molecule has 0 spiro atoms. The SMILES string of the molecule is C[C@@H]1C[C@H]1C(=O)NCCc1ccc(-n2cccn2)cc1. The molecule has 20 heavy (non-hydrogen) atoms. The first kappa shape index (κ1) is 12.9. The largest absolute Gasteiger partial charge is 0.356 e. The Morgan fingerprint density at radius 2 is 2.15 bits per heavy atom. The van der Waals surface area contributed by atoms with Crippen molar-refractivity contribution in [2.75, 3.05) is 6.54 Å². The summed E-state index contributed by atoms with van der Waals surface area (Å²) in [6.45, 7) is 2.83. The molecule has 0 radical (unpaired) electrons. The van der Waals surface area contributed by atoms with E-state index < -0.39 is 0 Å². The summed E-state index contributed by atoms with van der Waals surface area (Å²) in [6, 6.07) is 10.2. The van der Waals surface area contributed by atoms with E-state index in [2.05, 4.69) is 29.5 Å². The lowest BCUT2D eigenvalue weighted by Gasteiger charge is -2.06. The number of benzene rings is 1. The van der Waals surface area contributed by atoms with Crippen molar-refractivity contribution in [2.45, 2.75) is 19.8 Å². The van der Waals surface area contributed by atoms with Gasteiger partial charge in [-0.3, -0.25) is 4.79 Å². The lowest BCUT2D eigenvalue weighted by molar-refractivity contribution is -0.122. The van der Waals surface area contributed by atoms with Crippen molar-refractivity contribution in [1.29, 1.82) is 0 Å². The highest BCUT2D eigenvalue weighted by atomic mass is 16.2. The van der Waals surface area contributed by atoms with Gasteiger partial charge in [-0.25, -0.2) is 4.68 Å². The molecule has 4 nitrogen and oxygen atoms in total. The average molecular weight is 269 g/mol. The fourth-order valence-corrected chi connectivity index (χ4v) is 2.39. The Morgan fingerprint density at radius 3 is 2.75 bits per heavy atom. The van der Waals surface area contributed by atoms with Crippen LogP contribution in [0.3, 0.4) is 0 Å². The molecule has 1 amide bonds. The van der Waals surface area contributed by atoms with E-state index in [0.29, 0.717) is 12.5 Å². The fraction of sp³-hybridized carbons (Fsp3) is 0.375. The molecule has 1 aromatic heterocycles. The number of hydrogen-bond donors (Lipinski definition) is 1. The van der Waals surface area contributed by atoms with Crippen molar-refractivity contribution in [1.82, 2.24) is 15.1 Å². The van der Waals surface area contributed by atoms with Gasteiger partial charge in [0.2, 0.25) is 5.91 Å². The van der Waals surface area contributed by atoms with Crippen molar-refractivity contribution in [3.63, 3.8) is 0 Å². The van der Waals surface area contributed by atoms with Gasteiger partial charge in [0.05, 0.1) is 5.69 Å². The van der Waals surface area contributed by atoms with Crippen molar-refractivity contribution >= 4 is 5.91 Å². The van der Waals surface area contributed by atoms with E-state index in [9.17, 15) is 4.79 Å². The second kappa shape index (κ2) is 5.49. The zero-order valence-corrected chi connectivity index (χ0v) is 11.6. The summed E-state index contributed by atoms with van der Waals surface area (Å²) in [5.41, 5.74) is 2.28. The number of amides is 1. The molecule has 0 bridgehead atoms. The summed E-state index contributed by atoms with van der Waals surface area (Å²) in [5, 5.41) is 7.20. The van der Waals surface area contributed by atoms with E-state index in [1.165, 1.54) is 5.56 Å². The molecule has 104 valence electrons.